The van der Waals surface area contributed by atoms with Gasteiger partial charge in [-0.15, -0.1) is 0 Å². The van der Waals surface area contributed by atoms with Crippen LogP contribution in [-0.2, 0) is 10.3 Å². The Morgan fingerprint density at radius 3 is 1.86 bits per heavy atom. The number of Topliss-reactive ketones (excluding diaryl/α,β-unsaturated/α-hetero) is 1. The first kappa shape index (κ1) is 18.6. The zero-order chi connectivity index (χ0) is 20.4. The molecule has 29 heavy (non-hydrogen) atoms. The summed E-state index contributed by atoms with van der Waals surface area (Å²) in [5.74, 6) is -0.745. The van der Waals surface area contributed by atoms with Crippen LogP contribution in [0.15, 0.2) is 84.9 Å². The summed E-state index contributed by atoms with van der Waals surface area (Å²) in [6.07, 6.45) is 0. The number of hydrogen-bond donors (Lipinski definition) is 1. The molecule has 1 aliphatic rings. The summed E-state index contributed by atoms with van der Waals surface area (Å²) >= 11 is 0. The number of amides is 3. The van der Waals surface area contributed by atoms with E-state index in [0.717, 1.165) is 10.5 Å². The molecule has 0 aromatic heterocycles. The quantitative estimate of drug-likeness (QED) is 0.539. The second kappa shape index (κ2) is 7.36. The van der Waals surface area contributed by atoms with Crippen LogP contribution >= 0.6 is 0 Å². The third-order valence-electron chi connectivity index (χ3n) is 5.19. The number of nitrogens with one attached hydrogen (secondary N) is 1. The smallest absolute Gasteiger partial charge is 0.315 e. The molecule has 1 N–H and O–H groups in total. The van der Waals surface area contributed by atoms with E-state index in [1.807, 2.05) is 55.5 Å². The molecule has 1 fully saturated rings. The first-order chi connectivity index (χ1) is 14.0. The maximum absolute atomic E-state index is 13.6. The average Bonchev–Trinajstić information content (AvgIpc) is 3.01. The molecule has 5 nitrogen and oxygen atoms in total. The van der Waals surface area contributed by atoms with Crippen molar-refractivity contribution in [2.45, 2.75) is 12.5 Å². The molecular formula is C24H20N2O3. The van der Waals surface area contributed by atoms with Gasteiger partial charge >= 0.3 is 6.03 Å². The Hall–Kier alpha value is -3.73. The zero-order valence-electron chi connectivity index (χ0n) is 16.0. The van der Waals surface area contributed by atoms with Crippen molar-refractivity contribution < 1.29 is 14.4 Å². The van der Waals surface area contributed by atoms with E-state index in [2.05, 4.69) is 5.32 Å². The molecule has 3 aromatic carbocycles. The summed E-state index contributed by atoms with van der Waals surface area (Å²) in [5.41, 5.74) is 1.44. The lowest BCUT2D eigenvalue weighted by Gasteiger charge is -2.28. The number of rotatable bonds is 5. The van der Waals surface area contributed by atoms with Crippen molar-refractivity contribution in [3.05, 3.63) is 107 Å². The van der Waals surface area contributed by atoms with Gasteiger partial charge in [0.1, 0.15) is 0 Å². The highest BCUT2D eigenvalue weighted by Gasteiger charge is 2.53. The van der Waals surface area contributed by atoms with Crippen LogP contribution in [0.4, 0.5) is 4.79 Å². The number of nitrogens with zero attached hydrogens (tertiary/aromatic N) is 1. The maximum atomic E-state index is 13.6. The first-order valence-corrected chi connectivity index (χ1v) is 9.37. The van der Waals surface area contributed by atoms with Crippen molar-refractivity contribution in [3.63, 3.8) is 0 Å². The number of carbonyl (C=O) groups is 3. The van der Waals surface area contributed by atoms with E-state index in [-0.39, 0.29) is 12.3 Å². The summed E-state index contributed by atoms with van der Waals surface area (Å²) in [6, 6.07) is 24.7. The number of ketones is 1. The fourth-order valence-electron chi connectivity index (χ4n) is 3.63. The van der Waals surface area contributed by atoms with E-state index in [1.54, 1.807) is 36.4 Å². The summed E-state index contributed by atoms with van der Waals surface area (Å²) in [4.78, 5) is 40.1. The van der Waals surface area contributed by atoms with Crippen molar-refractivity contribution in [1.82, 2.24) is 10.2 Å². The third-order valence-corrected chi connectivity index (χ3v) is 5.19. The number of urea groups is 1. The van der Waals surface area contributed by atoms with E-state index in [4.69, 9.17) is 0 Å². The van der Waals surface area contributed by atoms with Crippen LogP contribution in [0.5, 0.6) is 0 Å². The molecule has 1 saturated heterocycles. The number of hydrogen-bond acceptors (Lipinski definition) is 3. The van der Waals surface area contributed by atoms with Gasteiger partial charge in [-0.3, -0.25) is 14.5 Å². The molecule has 1 heterocycles. The van der Waals surface area contributed by atoms with E-state index < -0.39 is 17.5 Å². The molecule has 5 heteroatoms. The number of benzene rings is 3. The van der Waals surface area contributed by atoms with Crippen LogP contribution in [0, 0.1) is 6.92 Å². The molecule has 0 aliphatic carbocycles. The van der Waals surface area contributed by atoms with Crippen LogP contribution in [0.25, 0.3) is 0 Å². The predicted molar refractivity (Wildman–Crippen MR) is 109 cm³/mol. The minimum absolute atomic E-state index is 0.287. The molecular weight excluding hydrogens is 364 g/mol. The summed E-state index contributed by atoms with van der Waals surface area (Å²) in [7, 11) is 0. The Balaban J connectivity index is 1.72. The van der Waals surface area contributed by atoms with Gasteiger partial charge in [-0.1, -0.05) is 90.5 Å². The van der Waals surface area contributed by atoms with Crippen molar-refractivity contribution in [3.8, 4) is 0 Å². The van der Waals surface area contributed by atoms with E-state index >= 15 is 0 Å². The summed E-state index contributed by atoms with van der Waals surface area (Å²) in [5, 5.41) is 2.85. The topological polar surface area (TPSA) is 66.5 Å². The fraction of sp³-hybridized carbons (Fsp3) is 0.125. The standard InChI is InChI=1S/C24H20N2O3/c1-17-12-14-18(15-13-17)21(27)16-26-22(28)24(25-23(26)29,19-8-4-2-5-9-19)20-10-6-3-7-11-20/h2-15H,16H2,1H3,(H,25,29). The zero-order valence-corrected chi connectivity index (χ0v) is 16.0. The van der Waals surface area contributed by atoms with Gasteiger partial charge in [-0.2, -0.15) is 0 Å². The molecule has 0 unspecified atom stereocenters. The van der Waals surface area contributed by atoms with Crippen LogP contribution < -0.4 is 5.32 Å². The molecule has 0 spiro atoms. The van der Waals surface area contributed by atoms with E-state index in [0.29, 0.717) is 16.7 Å². The third kappa shape index (κ3) is 3.21. The number of aryl methyl sites for hydroxylation is 1. The normalized spacial score (nSPS) is 15.3. The van der Waals surface area contributed by atoms with Gasteiger partial charge in [0.15, 0.2) is 11.3 Å². The van der Waals surface area contributed by atoms with Crippen LogP contribution in [0.1, 0.15) is 27.0 Å². The fourth-order valence-corrected chi connectivity index (χ4v) is 3.63. The molecule has 4 rings (SSSR count). The second-order valence-corrected chi connectivity index (χ2v) is 7.09. The lowest BCUT2D eigenvalue weighted by atomic mass is 9.82. The van der Waals surface area contributed by atoms with Crippen LogP contribution in [-0.4, -0.2) is 29.2 Å². The van der Waals surface area contributed by atoms with Gasteiger partial charge in [0, 0.05) is 5.56 Å². The lowest BCUT2D eigenvalue weighted by Crippen LogP contribution is -2.45. The van der Waals surface area contributed by atoms with Gasteiger partial charge in [0.25, 0.3) is 5.91 Å². The molecule has 0 bridgehead atoms. The number of carbonyl (C=O) groups excluding carboxylic acids is 3. The Bertz CT molecular complexity index is 1020. The van der Waals surface area contributed by atoms with Crippen molar-refractivity contribution in [1.29, 1.82) is 0 Å². The SMILES string of the molecule is Cc1ccc(C(=O)CN2C(=O)NC(c3ccccc3)(c3ccccc3)C2=O)cc1. The van der Waals surface area contributed by atoms with Crippen molar-refractivity contribution >= 4 is 17.7 Å². The largest absolute Gasteiger partial charge is 0.325 e. The Labute approximate surface area is 169 Å². The molecule has 0 radical (unpaired) electrons. The first-order valence-electron chi connectivity index (χ1n) is 9.37. The Kier molecular flexibility index (Phi) is 4.72. The monoisotopic (exact) mass is 384 g/mol. The molecule has 3 aromatic rings. The highest BCUT2D eigenvalue weighted by atomic mass is 16.2. The predicted octanol–water partition coefficient (Wildman–Crippen LogP) is 3.67. The Morgan fingerprint density at radius 2 is 1.34 bits per heavy atom. The highest BCUT2D eigenvalue weighted by molar-refractivity contribution is 6.13. The highest BCUT2D eigenvalue weighted by Crippen LogP contribution is 2.36. The molecule has 0 saturated carbocycles. The van der Waals surface area contributed by atoms with Crippen LogP contribution in [0.3, 0.4) is 0 Å². The molecule has 144 valence electrons. The van der Waals surface area contributed by atoms with E-state index in [9.17, 15) is 14.4 Å². The van der Waals surface area contributed by atoms with Gasteiger partial charge in [-0.05, 0) is 18.1 Å². The van der Waals surface area contributed by atoms with Gasteiger partial charge in [0.2, 0.25) is 0 Å². The van der Waals surface area contributed by atoms with Crippen LogP contribution in [0.2, 0.25) is 0 Å². The second-order valence-electron chi connectivity index (χ2n) is 7.09. The van der Waals surface area contributed by atoms with Crippen molar-refractivity contribution in [2.75, 3.05) is 6.54 Å². The van der Waals surface area contributed by atoms with E-state index in [1.165, 1.54) is 0 Å². The molecule has 3 amide bonds. The Morgan fingerprint density at radius 1 is 0.828 bits per heavy atom. The molecule has 1 aliphatic heterocycles. The minimum atomic E-state index is -1.35. The minimum Gasteiger partial charge on any atom is -0.315 e. The maximum Gasteiger partial charge on any atom is 0.325 e. The summed E-state index contributed by atoms with van der Waals surface area (Å²) < 4.78 is 0. The lowest BCUT2D eigenvalue weighted by molar-refractivity contribution is -0.129. The molecule has 0 atom stereocenters. The number of imide groups is 1. The van der Waals surface area contributed by atoms with Crippen molar-refractivity contribution in [2.24, 2.45) is 0 Å². The van der Waals surface area contributed by atoms with Gasteiger partial charge < -0.3 is 5.32 Å². The van der Waals surface area contributed by atoms with Gasteiger partial charge in [0.05, 0.1) is 6.54 Å². The summed E-state index contributed by atoms with van der Waals surface area (Å²) in [6.45, 7) is 1.62. The van der Waals surface area contributed by atoms with Gasteiger partial charge in [-0.25, -0.2) is 4.79 Å². The average molecular weight is 384 g/mol.